The molecule has 1 aliphatic heterocycles. The third kappa shape index (κ3) is 6.23. The van der Waals surface area contributed by atoms with Crippen LogP contribution < -0.4 is 16.0 Å². The highest BCUT2D eigenvalue weighted by atomic mass is 35.5. The Morgan fingerprint density at radius 2 is 2.00 bits per heavy atom. The fraction of sp³-hybridized carbons (Fsp3) is 0.417. The Bertz CT molecular complexity index is 900. The van der Waals surface area contributed by atoms with E-state index in [0.29, 0.717) is 31.0 Å². The smallest absolute Gasteiger partial charge is 0.251 e. The van der Waals surface area contributed by atoms with Gasteiger partial charge < -0.3 is 16.0 Å². The number of halogens is 1. The van der Waals surface area contributed by atoms with Gasteiger partial charge in [-0.05, 0) is 61.6 Å². The largest absolute Gasteiger partial charge is 0.384 e. The van der Waals surface area contributed by atoms with Crippen LogP contribution in [0.1, 0.15) is 53.6 Å². The highest BCUT2D eigenvalue weighted by Gasteiger charge is 2.22. The van der Waals surface area contributed by atoms with E-state index in [4.69, 9.17) is 11.6 Å². The highest BCUT2D eigenvalue weighted by Crippen LogP contribution is 2.35. The van der Waals surface area contributed by atoms with Crippen LogP contribution in [0.4, 0.5) is 5.69 Å². The minimum absolute atomic E-state index is 0.0600. The summed E-state index contributed by atoms with van der Waals surface area (Å²) in [5.41, 5.74) is 4.10. The van der Waals surface area contributed by atoms with E-state index in [1.165, 1.54) is 5.56 Å². The summed E-state index contributed by atoms with van der Waals surface area (Å²) >= 11 is 6.11. The minimum atomic E-state index is -0.0686. The zero-order valence-electron chi connectivity index (χ0n) is 17.6. The molecule has 1 heterocycles. The lowest BCUT2D eigenvalue weighted by Crippen LogP contribution is -2.29. The van der Waals surface area contributed by atoms with Crippen molar-refractivity contribution < 1.29 is 9.59 Å². The van der Waals surface area contributed by atoms with Crippen LogP contribution in [0.25, 0.3) is 0 Å². The van der Waals surface area contributed by atoms with Gasteiger partial charge in [0.05, 0.1) is 0 Å². The maximum Gasteiger partial charge on any atom is 0.251 e. The molecule has 6 heteroatoms. The number of carbonyl (C=O) groups excluding carboxylic acids is 2. The summed E-state index contributed by atoms with van der Waals surface area (Å²) in [5, 5.41) is 10.1. The molecule has 160 valence electrons. The van der Waals surface area contributed by atoms with Crippen LogP contribution in [0.15, 0.2) is 42.5 Å². The number of rotatable bonds is 9. The van der Waals surface area contributed by atoms with Crippen LogP contribution in [0.2, 0.25) is 5.02 Å². The Labute approximate surface area is 183 Å². The van der Waals surface area contributed by atoms with Crippen molar-refractivity contribution in [2.24, 2.45) is 5.92 Å². The molecule has 2 unspecified atom stereocenters. The summed E-state index contributed by atoms with van der Waals surface area (Å²) in [6.07, 6.45) is 2.11. The van der Waals surface area contributed by atoms with Crippen molar-refractivity contribution in [1.82, 2.24) is 10.6 Å². The molecule has 0 fully saturated rings. The van der Waals surface area contributed by atoms with Crippen LogP contribution in [0, 0.1) is 12.8 Å². The first-order valence-corrected chi connectivity index (χ1v) is 10.9. The van der Waals surface area contributed by atoms with Gasteiger partial charge in [-0.15, -0.1) is 0 Å². The fourth-order valence-corrected chi connectivity index (χ4v) is 4.01. The van der Waals surface area contributed by atoms with E-state index < -0.39 is 0 Å². The number of hydrogen-bond donors (Lipinski definition) is 3. The van der Waals surface area contributed by atoms with Crippen LogP contribution in [0.3, 0.4) is 0 Å². The number of aryl methyl sites for hydroxylation is 1. The first kappa shape index (κ1) is 22.2. The van der Waals surface area contributed by atoms with Gasteiger partial charge in [-0.3, -0.25) is 9.59 Å². The summed E-state index contributed by atoms with van der Waals surface area (Å²) in [5.74, 6) is 0.564. The second-order valence-electron chi connectivity index (χ2n) is 8.17. The van der Waals surface area contributed by atoms with E-state index in [2.05, 4.69) is 16.0 Å². The summed E-state index contributed by atoms with van der Waals surface area (Å²) in [4.78, 5) is 24.4. The molecule has 3 rings (SSSR count). The van der Waals surface area contributed by atoms with Gasteiger partial charge in [0.25, 0.3) is 5.91 Å². The third-order valence-corrected chi connectivity index (χ3v) is 5.78. The number of carbonyl (C=O) groups is 2. The SMILES string of the molecule is Cc1cccc(C(=O)NCCC(C)CC(=O)NCCC2CNc3ccc(Cl)cc32)c1. The zero-order chi connectivity index (χ0) is 21.5. The van der Waals surface area contributed by atoms with Crippen molar-refractivity contribution >= 4 is 29.1 Å². The van der Waals surface area contributed by atoms with Gasteiger partial charge in [0, 0.05) is 48.2 Å². The topological polar surface area (TPSA) is 70.2 Å². The molecule has 0 saturated carbocycles. The number of nitrogens with one attached hydrogen (secondary N) is 3. The minimum Gasteiger partial charge on any atom is -0.384 e. The summed E-state index contributed by atoms with van der Waals surface area (Å²) in [6.45, 7) is 6.09. The van der Waals surface area contributed by atoms with Gasteiger partial charge in [0.1, 0.15) is 0 Å². The fourth-order valence-electron chi connectivity index (χ4n) is 3.83. The lowest BCUT2D eigenvalue weighted by atomic mass is 9.98. The molecule has 2 amide bonds. The van der Waals surface area contributed by atoms with Gasteiger partial charge in [-0.2, -0.15) is 0 Å². The van der Waals surface area contributed by atoms with Crippen molar-refractivity contribution in [3.05, 3.63) is 64.2 Å². The summed E-state index contributed by atoms with van der Waals surface area (Å²) in [7, 11) is 0. The molecule has 0 saturated heterocycles. The van der Waals surface area contributed by atoms with Gasteiger partial charge in [0.15, 0.2) is 0 Å². The van der Waals surface area contributed by atoms with Crippen molar-refractivity contribution in [3.63, 3.8) is 0 Å². The van der Waals surface area contributed by atoms with E-state index in [0.717, 1.165) is 35.7 Å². The van der Waals surface area contributed by atoms with Gasteiger partial charge in [-0.25, -0.2) is 0 Å². The number of hydrogen-bond acceptors (Lipinski definition) is 3. The normalized spacial score (nSPS) is 15.8. The molecule has 0 bridgehead atoms. The Morgan fingerprint density at radius 3 is 2.80 bits per heavy atom. The first-order valence-electron chi connectivity index (χ1n) is 10.6. The highest BCUT2D eigenvalue weighted by molar-refractivity contribution is 6.30. The number of fused-ring (bicyclic) bond motifs is 1. The third-order valence-electron chi connectivity index (χ3n) is 5.54. The predicted molar refractivity (Wildman–Crippen MR) is 122 cm³/mol. The standard InChI is InChI=1S/C24H30ClN3O2/c1-16-4-3-5-18(12-16)24(30)27-10-8-17(2)13-23(29)26-11-9-19-15-28-22-7-6-20(25)14-21(19)22/h3-7,12,14,17,19,28H,8-11,13,15H2,1-2H3,(H,26,29)(H,27,30). The number of amides is 2. The van der Waals surface area contributed by atoms with E-state index in [-0.39, 0.29) is 17.7 Å². The number of anilines is 1. The van der Waals surface area contributed by atoms with Crippen LogP contribution >= 0.6 is 11.6 Å². The molecular formula is C24H30ClN3O2. The quantitative estimate of drug-likeness (QED) is 0.551. The van der Waals surface area contributed by atoms with Crippen LogP contribution in [-0.2, 0) is 4.79 Å². The summed E-state index contributed by atoms with van der Waals surface area (Å²) in [6, 6.07) is 13.4. The molecule has 0 aliphatic carbocycles. The second-order valence-corrected chi connectivity index (χ2v) is 8.61. The molecular weight excluding hydrogens is 398 g/mol. The van der Waals surface area contributed by atoms with Gasteiger partial charge in [-0.1, -0.05) is 36.2 Å². The lowest BCUT2D eigenvalue weighted by Gasteiger charge is -2.14. The molecule has 1 aliphatic rings. The Balaban J connectivity index is 1.32. The zero-order valence-corrected chi connectivity index (χ0v) is 18.4. The molecule has 0 spiro atoms. The molecule has 30 heavy (non-hydrogen) atoms. The van der Waals surface area contributed by atoms with Crippen LogP contribution in [0.5, 0.6) is 0 Å². The molecule has 3 N–H and O–H groups in total. The van der Waals surface area contributed by atoms with Crippen molar-refractivity contribution in [3.8, 4) is 0 Å². The van der Waals surface area contributed by atoms with E-state index >= 15 is 0 Å². The molecule has 2 aromatic carbocycles. The van der Waals surface area contributed by atoms with Crippen LogP contribution in [-0.4, -0.2) is 31.4 Å². The van der Waals surface area contributed by atoms with Crippen molar-refractivity contribution in [1.29, 1.82) is 0 Å². The van der Waals surface area contributed by atoms with Crippen molar-refractivity contribution in [2.45, 2.75) is 39.0 Å². The number of benzene rings is 2. The van der Waals surface area contributed by atoms with E-state index in [1.807, 2.05) is 56.3 Å². The monoisotopic (exact) mass is 427 g/mol. The Morgan fingerprint density at radius 1 is 1.17 bits per heavy atom. The van der Waals surface area contributed by atoms with Crippen molar-refractivity contribution in [2.75, 3.05) is 25.0 Å². The average molecular weight is 428 g/mol. The van der Waals surface area contributed by atoms with E-state index in [9.17, 15) is 9.59 Å². The Kier molecular flexibility index (Phi) is 7.75. The van der Waals surface area contributed by atoms with E-state index in [1.54, 1.807) is 0 Å². The molecule has 0 aromatic heterocycles. The Hall–Kier alpha value is -2.53. The molecule has 2 atom stereocenters. The maximum absolute atomic E-state index is 12.2. The van der Waals surface area contributed by atoms with Gasteiger partial charge >= 0.3 is 0 Å². The van der Waals surface area contributed by atoms with Gasteiger partial charge in [0.2, 0.25) is 5.91 Å². The maximum atomic E-state index is 12.2. The average Bonchev–Trinajstić information content (AvgIpc) is 3.10. The lowest BCUT2D eigenvalue weighted by molar-refractivity contribution is -0.121. The predicted octanol–water partition coefficient (Wildman–Crippen LogP) is 4.51. The molecule has 5 nitrogen and oxygen atoms in total. The second kappa shape index (κ2) is 10.5. The molecule has 2 aromatic rings. The molecule has 0 radical (unpaired) electrons. The summed E-state index contributed by atoms with van der Waals surface area (Å²) < 4.78 is 0. The first-order chi connectivity index (χ1) is 14.4.